The van der Waals surface area contributed by atoms with Gasteiger partial charge < -0.3 is 0 Å². The van der Waals surface area contributed by atoms with Gasteiger partial charge in [-0.05, 0) is 30.5 Å². The number of hydrogen-bond acceptors (Lipinski definition) is 3. The van der Waals surface area contributed by atoms with Crippen LogP contribution in [-0.4, -0.2) is 17.6 Å². The minimum Gasteiger partial charge on any atom is -0.289 e. The van der Waals surface area contributed by atoms with E-state index in [-0.39, 0.29) is 40.9 Å². The smallest absolute Gasteiger partial charge is 0.238 e. The van der Waals surface area contributed by atoms with Crippen LogP contribution in [0.1, 0.15) is 29.3 Å². The third-order valence-electron chi connectivity index (χ3n) is 5.35. The molecule has 4 nitrogen and oxygen atoms in total. The number of carbonyl (C=O) groups is 3. The van der Waals surface area contributed by atoms with E-state index in [4.69, 9.17) is 11.6 Å². The molecule has 5 heteroatoms. The molecule has 0 bridgehead atoms. The predicted molar refractivity (Wildman–Crippen MR) is 104 cm³/mol. The van der Waals surface area contributed by atoms with Gasteiger partial charge in [0.1, 0.15) is 0 Å². The van der Waals surface area contributed by atoms with Crippen molar-refractivity contribution in [2.45, 2.75) is 13.3 Å². The van der Waals surface area contributed by atoms with E-state index in [2.05, 4.69) is 0 Å². The maximum absolute atomic E-state index is 13.1. The molecule has 4 rings (SSSR count). The van der Waals surface area contributed by atoms with Gasteiger partial charge in [0.05, 0.1) is 17.5 Å². The topological polar surface area (TPSA) is 54.5 Å². The molecule has 1 saturated heterocycles. The first-order chi connectivity index (χ1) is 13.0. The number of rotatable bonds is 3. The fourth-order valence-corrected chi connectivity index (χ4v) is 4.19. The van der Waals surface area contributed by atoms with Gasteiger partial charge in [-0.25, -0.2) is 4.90 Å². The van der Waals surface area contributed by atoms with Crippen molar-refractivity contribution < 1.29 is 14.4 Å². The Labute approximate surface area is 162 Å². The first-order valence-electron chi connectivity index (χ1n) is 8.93. The Morgan fingerprint density at radius 1 is 1.07 bits per heavy atom. The lowest BCUT2D eigenvalue weighted by molar-refractivity contribution is -0.122. The molecule has 0 saturated carbocycles. The van der Waals surface area contributed by atoms with Crippen LogP contribution in [0.2, 0.25) is 5.02 Å². The van der Waals surface area contributed by atoms with Crippen molar-refractivity contribution in [2.24, 2.45) is 17.8 Å². The van der Waals surface area contributed by atoms with Crippen LogP contribution in [-0.2, 0) is 9.59 Å². The van der Waals surface area contributed by atoms with Gasteiger partial charge in [0, 0.05) is 16.1 Å². The first-order valence-corrected chi connectivity index (χ1v) is 9.30. The highest BCUT2D eigenvalue weighted by molar-refractivity contribution is 6.32. The summed E-state index contributed by atoms with van der Waals surface area (Å²) in [6.07, 6.45) is 4.48. The summed E-state index contributed by atoms with van der Waals surface area (Å²) in [4.78, 5) is 40.3. The van der Waals surface area contributed by atoms with Gasteiger partial charge in [0.25, 0.3) is 0 Å². The largest absolute Gasteiger partial charge is 0.289 e. The number of anilines is 1. The van der Waals surface area contributed by atoms with Crippen LogP contribution in [0.3, 0.4) is 0 Å². The number of halogens is 1. The van der Waals surface area contributed by atoms with Crippen LogP contribution >= 0.6 is 11.6 Å². The molecular formula is C22H18ClNO3. The van der Waals surface area contributed by atoms with E-state index in [9.17, 15) is 14.4 Å². The Morgan fingerprint density at radius 3 is 2.52 bits per heavy atom. The number of imide groups is 1. The molecule has 2 amide bonds. The van der Waals surface area contributed by atoms with E-state index >= 15 is 0 Å². The van der Waals surface area contributed by atoms with E-state index in [0.717, 1.165) is 0 Å². The number of ketones is 1. The molecule has 0 unspecified atom stereocenters. The fraction of sp³-hybridized carbons (Fsp3) is 0.227. The van der Waals surface area contributed by atoms with Crippen molar-refractivity contribution >= 4 is 34.9 Å². The SMILES string of the molecule is C[C@@H]1C=CC[C@H]2C(=O)N(c3ccc(Cl)cc3C(=O)c3ccccc3)C(=O)[C@H]12. The molecule has 2 aromatic rings. The van der Waals surface area contributed by atoms with Gasteiger partial charge in [-0.1, -0.05) is 61.0 Å². The summed E-state index contributed by atoms with van der Waals surface area (Å²) in [6, 6.07) is 13.5. The lowest BCUT2D eigenvalue weighted by Gasteiger charge is -2.22. The minimum atomic E-state index is -0.377. The maximum Gasteiger partial charge on any atom is 0.238 e. The molecule has 3 atom stereocenters. The van der Waals surface area contributed by atoms with Crippen LogP contribution < -0.4 is 4.90 Å². The molecule has 2 aliphatic rings. The van der Waals surface area contributed by atoms with Crippen molar-refractivity contribution in [3.63, 3.8) is 0 Å². The summed E-state index contributed by atoms with van der Waals surface area (Å²) < 4.78 is 0. The highest BCUT2D eigenvalue weighted by atomic mass is 35.5. The molecule has 1 aliphatic heterocycles. The van der Waals surface area contributed by atoms with Crippen LogP contribution in [0.4, 0.5) is 5.69 Å². The molecule has 0 N–H and O–H groups in total. The minimum absolute atomic E-state index is 0.00854. The zero-order valence-electron chi connectivity index (χ0n) is 14.8. The van der Waals surface area contributed by atoms with E-state index in [1.165, 1.54) is 11.0 Å². The van der Waals surface area contributed by atoms with Gasteiger partial charge in [-0.3, -0.25) is 14.4 Å². The highest BCUT2D eigenvalue weighted by Crippen LogP contribution is 2.41. The van der Waals surface area contributed by atoms with Crippen molar-refractivity contribution in [1.29, 1.82) is 0 Å². The third kappa shape index (κ3) is 2.90. The predicted octanol–water partition coefficient (Wildman–Crippen LogP) is 4.27. The second-order valence-corrected chi connectivity index (χ2v) is 7.46. The summed E-state index contributed by atoms with van der Waals surface area (Å²) in [5.41, 5.74) is 1.05. The number of fused-ring (bicyclic) bond motifs is 1. The summed E-state index contributed by atoms with van der Waals surface area (Å²) in [7, 11) is 0. The number of allylic oxidation sites excluding steroid dienone is 2. The maximum atomic E-state index is 13.1. The van der Waals surface area contributed by atoms with Crippen LogP contribution in [0.25, 0.3) is 0 Å². The zero-order chi connectivity index (χ0) is 19.1. The average molecular weight is 380 g/mol. The van der Waals surface area contributed by atoms with Crippen LogP contribution in [0, 0.1) is 17.8 Å². The van der Waals surface area contributed by atoms with Gasteiger partial charge in [0.15, 0.2) is 5.78 Å². The lowest BCUT2D eigenvalue weighted by atomic mass is 9.78. The molecule has 0 aromatic heterocycles. The molecule has 1 aliphatic carbocycles. The number of amides is 2. The molecule has 1 heterocycles. The van der Waals surface area contributed by atoms with E-state index < -0.39 is 0 Å². The van der Waals surface area contributed by atoms with Gasteiger partial charge in [-0.15, -0.1) is 0 Å². The second kappa shape index (κ2) is 6.78. The van der Waals surface area contributed by atoms with Crippen molar-refractivity contribution in [3.05, 3.63) is 76.8 Å². The first kappa shape index (κ1) is 17.7. The number of nitrogens with zero attached hydrogens (tertiary/aromatic N) is 1. The Bertz CT molecular complexity index is 967. The molecule has 2 aromatic carbocycles. The van der Waals surface area contributed by atoms with Gasteiger partial charge >= 0.3 is 0 Å². The van der Waals surface area contributed by atoms with Gasteiger partial charge in [-0.2, -0.15) is 0 Å². The number of benzene rings is 2. The molecular weight excluding hydrogens is 362 g/mol. The van der Waals surface area contributed by atoms with E-state index in [1.54, 1.807) is 36.4 Å². The fourth-order valence-electron chi connectivity index (χ4n) is 4.02. The average Bonchev–Trinajstić information content (AvgIpc) is 2.94. The van der Waals surface area contributed by atoms with Crippen molar-refractivity contribution in [2.75, 3.05) is 4.90 Å². The van der Waals surface area contributed by atoms with Crippen LogP contribution in [0.5, 0.6) is 0 Å². The highest BCUT2D eigenvalue weighted by Gasteiger charge is 2.51. The Balaban J connectivity index is 1.80. The summed E-state index contributed by atoms with van der Waals surface area (Å²) in [5.74, 6) is -1.51. The number of carbonyl (C=O) groups excluding carboxylic acids is 3. The van der Waals surface area contributed by atoms with E-state index in [0.29, 0.717) is 22.7 Å². The van der Waals surface area contributed by atoms with Crippen molar-refractivity contribution in [1.82, 2.24) is 0 Å². The Kier molecular flexibility index (Phi) is 4.44. The molecule has 27 heavy (non-hydrogen) atoms. The van der Waals surface area contributed by atoms with Gasteiger partial charge in [0.2, 0.25) is 11.8 Å². The lowest BCUT2D eigenvalue weighted by Crippen LogP contribution is -2.33. The summed E-state index contributed by atoms with van der Waals surface area (Å²) in [6.45, 7) is 1.94. The quantitative estimate of drug-likeness (QED) is 0.454. The van der Waals surface area contributed by atoms with E-state index in [1.807, 2.05) is 25.1 Å². The zero-order valence-corrected chi connectivity index (χ0v) is 15.5. The van der Waals surface area contributed by atoms with Crippen molar-refractivity contribution in [3.8, 4) is 0 Å². The summed E-state index contributed by atoms with van der Waals surface area (Å²) >= 11 is 6.12. The molecule has 1 fully saturated rings. The molecule has 136 valence electrons. The standard InChI is InChI=1S/C22H18ClNO3/c1-13-6-5-9-16-19(13)22(27)24(21(16)26)18-11-10-15(23)12-17(18)20(25)14-7-3-2-4-8-14/h2-8,10-13,16,19H,9H2,1H3/t13-,16-,19-/m1/s1. The summed E-state index contributed by atoms with van der Waals surface area (Å²) in [5, 5.41) is 0.379. The normalized spacial score (nSPS) is 24.2. The Morgan fingerprint density at radius 2 is 1.81 bits per heavy atom. The molecule has 0 radical (unpaired) electrons. The Hall–Kier alpha value is -2.72. The monoisotopic (exact) mass is 379 g/mol. The third-order valence-corrected chi connectivity index (χ3v) is 5.59. The second-order valence-electron chi connectivity index (χ2n) is 7.02. The molecule has 0 spiro atoms. The van der Waals surface area contributed by atoms with Crippen LogP contribution in [0.15, 0.2) is 60.7 Å². The number of hydrogen-bond donors (Lipinski definition) is 0.